The van der Waals surface area contributed by atoms with Gasteiger partial charge in [0.1, 0.15) is 6.33 Å². The molecular formula is C19H16N6O. The molecule has 2 heterocycles. The lowest BCUT2D eigenvalue weighted by molar-refractivity contribution is 0.809. The Kier molecular flexibility index (Phi) is 4.03. The van der Waals surface area contributed by atoms with Crippen LogP contribution in [-0.2, 0) is 0 Å². The predicted octanol–water partition coefficient (Wildman–Crippen LogP) is 3.07. The van der Waals surface area contributed by atoms with E-state index in [1.165, 1.54) is 17.1 Å². The second-order valence-electron chi connectivity index (χ2n) is 5.82. The summed E-state index contributed by atoms with van der Waals surface area (Å²) in [5, 5.41) is 14.4. The maximum atomic E-state index is 12.7. The van der Waals surface area contributed by atoms with Crippen LogP contribution < -0.4 is 10.9 Å². The van der Waals surface area contributed by atoms with E-state index in [0.29, 0.717) is 22.9 Å². The Morgan fingerprint density at radius 2 is 1.81 bits per heavy atom. The molecule has 2 N–H and O–H groups in total. The van der Waals surface area contributed by atoms with E-state index in [2.05, 4.69) is 25.6 Å². The number of nitrogens with zero attached hydrogens (tertiary/aromatic N) is 4. The van der Waals surface area contributed by atoms with E-state index in [0.717, 1.165) is 11.3 Å². The number of benzene rings is 2. The van der Waals surface area contributed by atoms with E-state index in [1.54, 1.807) is 0 Å². The summed E-state index contributed by atoms with van der Waals surface area (Å²) < 4.78 is 1.35. The van der Waals surface area contributed by atoms with Gasteiger partial charge in [0.25, 0.3) is 5.56 Å². The van der Waals surface area contributed by atoms with Crippen molar-refractivity contribution in [2.45, 2.75) is 6.92 Å². The molecule has 26 heavy (non-hydrogen) atoms. The number of hydrogen-bond donors (Lipinski definition) is 2. The number of aromatic nitrogens is 5. The Balaban J connectivity index is 1.85. The van der Waals surface area contributed by atoms with Gasteiger partial charge in [-0.25, -0.2) is 4.98 Å². The van der Waals surface area contributed by atoms with Gasteiger partial charge in [-0.1, -0.05) is 35.9 Å². The highest BCUT2D eigenvalue weighted by atomic mass is 16.1. The van der Waals surface area contributed by atoms with Crippen molar-refractivity contribution in [3.8, 4) is 17.2 Å². The molecule has 2 aromatic carbocycles. The number of rotatable bonds is 4. The molecule has 0 amide bonds. The fourth-order valence-corrected chi connectivity index (χ4v) is 2.59. The lowest BCUT2D eigenvalue weighted by Crippen LogP contribution is -2.22. The first-order valence-electron chi connectivity index (χ1n) is 8.10. The van der Waals surface area contributed by atoms with Gasteiger partial charge in [0.15, 0.2) is 11.5 Å². The summed E-state index contributed by atoms with van der Waals surface area (Å²) in [6, 6.07) is 18.7. The third-order valence-electron chi connectivity index (χ3n) is 3.90. The standard InChI is InChI=1S/C19H16N6O/c1-13-7-9-15(10-8-13)25-17(26)11-16(22-14-5-3-2-4-6-14)18(24-25)19-20-12-21-23-19/h2-12,22H,1H3,(H,20,21,23). The van der Waals surface area contributed by atoms with Crippen molar-refractivity contribution in [2.24, 2.45) is 0 Å². The zero-order valence-electron chi connectivity index (χ0n) is 14.0. The van der Waals surface area contributed by atoms with Crippen LogP contribution in [-0.4, -0.2) is 25.0 Å². The van der Waals surface area contributed by atoms with Crippen LogP contribution in [0, 0.1) is 6.92 Å². The zero-order valence-corrected chi connectivity index (χ0v) is 14.0. The van der Waals surface area contributed by atoms with E-state index >= 15 is 0 Å². The molecule has 0 saturated heterocycles. The Hall–Kier alpha value is -3.74. The summed E-state index contributed by atoms with van der Waals surface area (Å²) in [4.78, 5) is 16.8. The summed E-state index contributed by atoms with van der Waals surface area (Å²) in [5.41, 5.74) is 3.47. The zero-order chi connectivity index (χ0) is 17.9. The minimum absolute atomic E-state index is 0.240. The minimum atomic E-state index is -0.240. The molecule has 0 radical (unpaired) electrons. The van der Waals surface area contributed by atoms with Crippen LogP contribution in [0.1, 0.15) is 5.56 Å². The van der Waals surface area contributed by atoms with Crippen molar-refractivity contribution in [3.05, 3.63) is 82.9 Å². The van der Waals surface area contributed by atoms with Crippen LogP contribution in [0.15, 0.2) is 71.8 Å². The van der Waals surface area contributed by atoms with Gasteiger partial charge in [0.05, 0.1) is 11.4 Å². The average molecular weight is 344 g/mol. The van der Waals surface area contributed by atoms with Crippen molar-refractivity contribution < 1.29 is 0 Å². The van der Waals surface area contributed by atoms with Gasteiger partial charge in [0, 0.05) is 11.8 Å². The van der Waals surface area contributed by atoms with Crippen molar-refractivity contribution in [2.75, 3.05) is 5.32 Å². The van der Waals surface area contributed by atoms with Crippen LogP contribution in [0.3, 0.4) is 0 Å². The Morgan fingerprint density at radius 3 is 2.50 bits per heavy atom. The molecule has 0 aliphatic heterocycles. The molecule has 0 saturated carbocycles. The fourth-order valence-electron chi connectivity index (χ4n) is 2.59. The molecule has 0 fully saturated rings. The molecular weight excluding hydrogens is 328 g/mol. The molecule has 0 aliphatic rings. The van der Waals surface area contributed by atoms with Gasteiger partial charge in [-0.2, -0.15) is 14.9 Å². The number of anilines is 2. The molecule has 4 rings (SSSR count). The van der Waals surface area contributed by atoms with Crippen molar-refractivity contribution in [1.29, 1.82) is 0 Å². The SMILES string of the molecule is Cc1ccc(-n2nc(-c3ncn[nH]3)c(Nc3ccccc3)cc2=O)cc1. The topological polar surface area (TPSA) is 88.5 Å². The molecule has 2 aromatic heterocycles. The monoisotopic (exact) mass is 344 g/mol. The second-order valence-corrected chi connectivity index (χ2v) is 5.82. The van der Waals surface area contributed by atoms with Crippen molar-refractivity contribution >= 4 is 11.4 Å². The van der Waals surface area contributed by atoms with E-state index in [-0.39, 0.29) is 5.56 Å². The molecule has 0 unspecified atom stereocenters. The first-order chi connectivity index (χ1) is 12.7. The maximum absolute atomic E-state index is 12.7. The van der Waals surface area contributed by atoms with Crippen LogP contribution >= 0.6 is 0 Å². The summed E-state index contributed by atoms with van der Waals surface area (Å²) in [7, 11) is 0. The normalized spacial score (nSPS) is 10.7. The Bertz CT molecular complexity index is 1070. The lowest BCUT2D eigenvalue weighted by atomic mass is 10.2. The Labute approximate surface area is 149 Å². The van der Waals surface area contributed by atoms with Gasteiger partial charge in [-0.15, -0.1) is 0 Å². The van der Waals surface area contributed by atoms with Gasteiger partial charge in [0.2, 0.25) is 0 Å². The van der Waals surface area contributed by atoms with E-state index < -0.39 is 0 Å². The van der Waals surface area contributed by atoms with Crippen LogP contribution in [0.2, 0.25) is 0 Å². The van der Waals surface area contributed by atoms with E-state index in [9.17, 15) is 4.79 Å². The molecule has 7 nitrogen and oxygen atoms in total. The molecule has 0 bridgehead atoms. The van der Waals surface area contributed by atoms with Gasteiger partial charge < -0.3 is 5.32 Å². The minimum Gasteiger partial charge on any atom is -0.353 e. The highest BCUT2D eigenvalue weighted by Gasteiger charge is 2.15. The third-order valence-corrected chi connectivity index (χ3v) is 3.90. The number of H-pyrrole nitrogens is 1. The molecule has 4 aromatic rings. The molecule has 7 heteroatoms. The molecule has 0 aliphatic carbocycles. The smallest absolute Gasteiger partial charge is 0.273 e. The second kappa shape index (κ2) is 6.64. The Morgan fingerprint density at radius 1 is 1.04 bits per heavy atom. The van der Waals surface area contributed by atoms with Crippen molar-refractivity contribution in [3.63, 3.8) is 0 Å². The highest BCUT2D eigenvalue weighted by Crippen LogP contribution is 2.24. The highest BCUT2D eigenvalue weighted by molar-refractivity contribution is 5.73. The first kappa shape index (κ1) is 15.8. The van der Waals surface area contributed by atoms with Gasteiger partial charge in [-0.05, 0) is 31.2 Å². The van der Waals surface area contributed by atoms with Crippen LogP contribution in [0.4, 0.5) is 11.4 Å². The largest absolute Gasteiger partial charge is 0.353 e. The number of aryl methyl sites for hydroxylation is 1. The fraction of sp³-hybridized carbons (Fsp3) is 0.0526. The van der Waals surface area contributed by atoms with Crippen LogP contribution in [0.5, 0.6) is 0 Å². The summed E-state index contributed by atoms with van der Waals surface area (Å²) >= 11 is 0. The third kappa shape index (κ3) is 3.10. The summed E-state index contributed by atoms with van der Waals surface area (Å²) in [6.45, 7) is 1.99. The maximum Gasteiger partial charge on any atom is 0.273 e. The number of para-hydroxylation sites is 1. The van der Waals surface area contributed by atoms with Gasteiger partial charge >= 0.3 is 0 Å². The first-order valence-corrected chi connectivity index (χ1v) is 8.10. The van der Waals surface area contributed by atoms with Crippen molar-refractivity contribution in [1.82, 2.24) is 25.0 Å². The number of nitrogens with one attached hydrogen (secondary N) is 2. The molecule has 0 spiro atoms. The molecule has 128 valence electrons. The van der Waals surface area contributed by atoms with Gasteiger partial charge in [-0.3, -0.25) is 9.89 Å². The number of hydrogen-bond acceptors (Lipinski definition) is 5. The summed E-state index contributed by atoms with van der Waals surface area (Å²) in [6.07, 6.45) is 1.41. The predicted molar refractivity (Wildman–Crippen MR) is 99.7 cm³/mol. The quantitative estimate of drug-likeness (QED) is 0.594. The summed E-state index contributed by atoms with van der Waals surface area (Å²) in [5.74, 6) is 0.476. The average Bonchev–Trinajstić information content (AvgIpc) is 3.18. The van der Waals surface area contributed by atoms with E-state index in [1.807, 2.05) is 61.5 Å². The molecule has 0 atom stereocenters. The van der Waals surface area contributed by atoms with E-state index in [4.69, 9.17) is 0 Å². The van der Waals surface area contributed by atoms with Crippen LogP contribution in [0.25, 0.3) is 17.2 Å². The lowest BCUT2D eigenvalue weighted by Gasteiger charge is -2.12. The number of aromatic amines is 1.